The fraction of sp³-hybridized carbons (Fsp3) is 0.208. The Kier molecular flexibility index (Phi) is 5.48. The topological polar surface area (TPSA) is 82.5 Å². The molecule has 1 fully saturated rings. The number of nitrogens with zero attached hydrogens (tertiary/aromatic N) is 2. The van der Waals surface area contributed by atoms with Gasteiger partial charge in [-0.3, -0.25) is 4.79 Å². The van der Waals surface area contributed by atoms with Crippen LogP contribution in [0, 0.1) is 6.92 Å². The molecule has 1 aliphatic rings. The van der Waals surface area contributed by atoms with E-state index in [1.165, 1.54) is 17.8 Å². The van der Waals surface area contributed by atoms with Crippen LogP contribution in [0.5, 0.6) is 0 Å². The second-order valence-electron chi connectivity index (χ2n) is 7.56. The molecule has 6 nitrogen and oxygen atoms in total. The molecule has 30 heavy (non-hydrogen) atoms. The van der Waals surface area contributed by atoms with E-state index < -0.39 is 5.97 Å². The van der Waals surface area contributed by atoms with Crippen molar-refractivity contribution in [1.29, 1.82) is 0 Å². The van der Waals surface area contributed by atoms with Gasteiger partial charge >= 0.3 is 5.97 Å². The van der Waals surface area contributed by atoms with Crippen LogP contribution < -0.4 is 10.2 Å². The maximum Gasteiger partial charge on any atom is 0.339 e. The van der Waals surface area contributed by atoms with E-state index in [1.54, 1.807) is 12.1 Å². The van der Waals surface area contributed by atoms with E-state index in [0.717, 1.165) is 18.5 Å². The highest BCUT2D eigenvalue weighted by Gasteiger charge is 2.28. The number of carboxylic acids is 1. The number of carbonyl (C=O) groups excluding carboxylic acids is 1. The monoisotopic (exact) mass is 401 g/mol. The molecule has 1 atom stereocenters. The molecule has 0 bridgehead atoms. The standard InChI is InChI=1S/C24H23N3O3/c1-16-7-9-18(10-8-16)23(28)26-20-13-21(24(29)30)22(25-14-20)27-12-11-19(15-27)17-5-3-2-4-6-17/h2-10,13-14,19H,11-12,15H2,1H3,(H,26,28)(H,29,30)/t19-/m1/s1. The van der Waals surface area contributed by atoms with Gasteiger partial charge < -0.3 is 15.3 Å². The normalized spacial score (nSPS) is 15.8. The fourth-order valence-electron chi connectivity index (χ4n) is 3.79. The summed E-state index contributed by atoms with van der Waals surface area (Å²) < 4.78 is 0. The molecule has 2 heterocycles. The third-order valence-electron chi connectivity index (χ3n) is 5.43. The Morgan fingerprint density at radius 2 is 1.83 bits per heavy atom. The van der Waals surface area contributed by atoms with Gasteiger partial charge in [-0.05, 0) is 37.1 Å². The number of aryl methyl sites for hydroxylation is 1. The first-order valence-corrected chi connectivity index (χ1v) is 9.92. The third kappa shape index (κ3) is 4.17. The molecule has 152 valence electrons. The maximum absolute atomic E-state index is 12.5. The average Bonchev–Trinajstić information content (AvgIpc) is 3.25. The SMILES string of the molecule is Cc1ccc(C(=O)Nc2cnc(N3CC[C@@H](c4ccccc4)C3)c(C(=O)O)c2)cc1. The summed E-state index contributed by atoms with van der Waals surface area (Å²) in [6.07, 6.45) is 2.46. The molecular formula is C24H23N3O3. The summed E-state index contributed by atoms with van der Waals surface area (Å²) in [6.45, 7) is 3.40. The Hall–Kier alpha value is -3.67. The molecular weight excluding hydrogens is 378 g/mol. The zero-order valence-electron chi connectivity index (χ0n) is 16.7. The van der Waals surface area contributed by atoms with Crippen LogP contribution in [-0.2, 0) is 0 Å². The van der Waals surface area contributed by atoms with Crippen LogP contribution in [0.3, 0.4) is 0 Å². The van der Waals surface area contributed by atoms with Gasteiger partial charge in [0.05, 0.1) is 11.9 Å². The summed E-state index contributed by atoms with van der Waals surface area (Å²) in [4.78, 5) is 30.8. The predicted molar refractivity (Wildman–Crippen MR) is 116 cm³/mol. The van der Waals surface area contributed by atoms with Crippen LogP contribution >= 0.6 is 0 Å². The molecule has 2 aromatic carbocycles. The summed E-state index contributed by atoms with van der Waals surface area (Å²) in [5.74, 6) is -0.580. The molecule has 1 saturated heterocycles. The van der Waals surface area contributed by atoms with Crippen LogP contribution in [0.2, 0.25) is 0 Å². The summed E-state index contributed by atoms with van der Waals surface area (Å²) in [6, 6.07) is 18.9. The van der Waals surface area contributed by atoms with E-state index in [1.807, 2.05) is 42.2 Å². The van der Waals surface area contributed by atoms with E-state index in [-0.39, 0.29) is 11.5 Å². The van der Waals surface area contributed by atoms with Crippen molar-refractivity contribution in [2.45, 2.75) is 19.3 Å². The largest absolute Gasteiger partial charge is 0.478 e. The second-order valence-corrected chi connectivity index (χ2v) is 7.56. The molecule has 0 radical (unpaired) electrons. The van der Waals surface area contributed by atoms with E-state index >= 15 is 0 Å². The highest BCUT2D eigenvalue weighted by molar-refractivity contribution is 6.05. The van der Waals surface area contributed by atoms with Gasteiger partial charge in [-0.2, -0.15) is 0 Å². The number of aromatic carboxylic acids is 1. The van der Waals surface area contributed by atoms with E-state index in [4.69, 9.17) is 0 Å². The maximum atomic E-state index is 12.5. The summed E-state index contributed by atoms with van der Waals surface area (Å²) in [7, 11) is 0. The number of nitrogens with one attached hydrogen (secondary N) is 1. The Balaban J connectivity index is 1.53. The number of hydrogen-bond donors (Lipinski definition) is 2. The molecule has 0 spiro atoms. The van der Waals surface area contributed by atoms with Gasteiger partial charge in [-0.1, -0.05) is 48.0 Å². The minimum Gasteiger partial charge on any atom is -0.478 e. The lowest BCUT2D eigenvalue weighted by Crippen LogP contribution is -2.23. The number of anilines is 2. The number of pyridine rings is 1. The van der Waals surface area contributed by atoms with Gasteiger partial charge in [-0.15, -0.1) is 0 Å². The predicted octanol–water partition coefficient (Wildman–Crippen LogP) is 4.33. The fourth-order valence-corrected chi connectivity index (χ4v) is 3.79. The quantitative estimate of drug-likeness (QED) is 0.665. The number of carbonyl (C=O) groups is 2. The van der Waals surface area contributed by atoms with Gasteiger partial charge in [0.15, 0.2) is 0 Å². The molecule has 1 aromatic heterocycles. The van der Waals surface area contributed by atoms with Gasteiger partial charge in [0.25, 0.3) is 5.91 Å². The van der Waals surface area contributed by atoms with Crippen LogP contribution in [0.25, 0.3) is 0 Å². The zero-order chi connectivity index (χ0) is 21.1. The Labute approximate surface area is 175 Å². The number of rotatable bonds is 5. The van der Waals surface area contributed by atoms with Crippen LogP contribution in [0.1, 0.15) is 44.2 Å². The smallest absolute Gasteiger partial charge is 0.339 e. The lowest BCUT2D eigenvalue weighted by Gasteiger charge is -2.20. The van der Waals surface area contributed by atoms with Gasteiger partial charge in [-0.25, -0.2) is 9.78 Å². The van der Waals surface area contributed by atoms with Crippen molar-refractivity contribution in [2.75, 3.05) is 23.3 Å². The second kappa shape index (κ2) is 8.37. The average molecular weight is 401 g/mol. The Morgan fingerprint density at radius 3 is 2.53 bits per heavy atom. The number of hydrogen-bond acceptors (Lipinski definition) is 4. The van der Waals surface area contributed by atoms with E-state index in [0.29, 0.717) is 29.5 Å². The van der Waals surface area contributed by atoms with Crippen LogP contribution in [0.4, 0.5) is 11.5 Å². The molecule has 1 amide bonds. The molecule has 0 unspecified atom stereocenters. The van der Waals surface area contributed by atoms with E-state index in [9.17, 15) is 14.7 Å². The molecule has 1 aliphatic heterocycles. The number of carboxylic acid groups (broad SMARTS) is 1. The van der Waals surface area contributed by atoms with Crippen molar-refractivity contribution in [2.24, 2.45) is 0 Å². The zero-order valence-corrected chi connectivity index (χ0v) is 16.7. The lowest BCUT2D eigenvalue weighted by molar-refractivity contribution is 0.0697. The van der Waals surface area contributed by atoms with Crippen molar-refractivity contribution < 1.29 is 14.7 Å². The Bertz CT molecular complexity index is 1060. The highest BCUT2D eigenvalue weighted by Crippen LogP contribution is 2.32. The number of aromatic nitrogens is 1. The van der Waals surface area contributed by atoms with Crippen LogP contribution in [-0.4, -0.2) is 35.1 Å². The van der Waals surface area contributed by atoms with Gasteiger partial charge in [0.2, 0.25) is 0 Å². The molecule has 0 saturated carbocycles. The summed E-state index contributed by atoms with van der Waals surface area (Å²) in [5.41, 5.74) is 3.27. The highest BCUT2D eigenvalue weighted by atomic mass is 16.4. The van der Waals surface area contributed by atoms with Crippen molar-refractivity contribution in [3.63, 3.8) is 0 Å². The van der Waals surface area contributed by atoms with Crippen molar-refractivity contribution in [3.8, 4) is 0 Å². The Morgan fingerprint density at radius 1 is 1.10 bits per heavy atom. The lowest BCUT2D eigenvalue weighted by atomic mass is 9.99. The van der Waals surface area contributed by atoms with Crippen LogP contribution in [0.15, 0.2) is 66.9 Å². The van der Waals surface area contributed by atoms with Crippen molar-refractivity contribution in [1.82, 2.24) is 4.98 Å². The summed E-state index contributed by atoms with van der Waals surface area (Å²) in [5, 5.41) is 12.5. The molecule has 2 N–H and O–H groups in total. The minimum atomic E-state index is -1.06. The number of benzene rings is 2. The number of amides is 1. The van der Waals surface area contributed by atoms with Crippen molar-refractivity contribution in [3.05, 3.63) is 89.1 Å². The van der Waals surface area contributed by atoms with E-state index in [2.05, 4.69) is 22.4 Å². The first-order valence-electron chi connectivity index (χ1n) is 9.92. The van der Waals surface area contributed by atoms with Gasteiger partial charge in [0.1, 0.15) is 11.4 Å². The molecule has 6 heteroatoms. The molecule has 4 rings (SSSR count). The molecule has 3 aromatic rings. The first kappa shape index (κ1) is 19.6. The minimum absolute atomic E-state index is 0.0883. The van der Waals surface area contributed by atoms with Gasteiger partial charge in [0, 0.05) is 24.6 Å². The summed E-state index contributed by atoms with van der Waals surface area (Å²) >= 11 is 0. The molecule has 0 aliphatic carbocycles. The third-order valence-corrected chi connectivity index (χ3v) is 5.43. The first-order chi connectivity index (χ1) is 14.5. The van der Waals surface area contributed by atoms with Crippen molar-refractivity contribution >= 4 is 23.4 Å².